The number of hydrogen-bond donors (Lipinski definition) is 0. The number of nitrogens with zero attached hydrogens (tertiary/aromatic N) is 4. The molecule has 0 aromatic carbocycles. The van der Waals surface area contributed by atoms with E-state index in [1.165, 1.54) is 6.92 Å². The average molecular weight is 168 g/mol. The summed E-state index contributed by atoms with van der Waals surface area (Å²) < 4.78 is 1.65. The molecular weight excluding hydrogens is 156 g/mol. The van der Waals surface area contributed by atoms with Crippen LogP contribution in [0.15, 0.2) is 0 Å². The Morgan fingerprint density at radius 1 is 1.58 bits per heavy atom. The number of tetrazole rings is 1. The van der Waals surface area contributed by atoms with Gasteiger partial charge in [0.1, 0.15) is 5.78 Å². The van der Waals surface area contributed by atoms with E-state index in [4.69, 9.17) is 0 Å². The van der Waals surface area contributed by atoms with Gasteiger partial charge in [-0.05, 0) is 31.2 Å². The van der Waals surface area contributed by atoms with E-state index in [0.717, 1.165) is 0 Å². The van der Waals surface area contributed by atoms with E-state index in [1.54, 1.807) is 4.68 Å². The molecule has 0 amide bonds. The highest BCUT2D eigenvalue weighted by atomic mass is 16.1. The van der Waals surface area contributed by atoms with Gasteiger partial charge in [0.25, 0.3) is 0 Å². The van der Waals surface area contributed by atoms with Crippen molar-refractivity contribution in [1.82, 2.24) is 20.2 Å². The van der Waals surface area contributed by atoms with E-state index in [-0.39, 0.29) is 11.8 Å². The number of aromatic nitrogens is 4. The third-order valence-corrected chi connectivity index (χ3v) is 1.46. The zero-order valence-electron chi connectivity index (χ0n) is 7.48. The standard InChI is InChI=1S/C7H12N4O/c1-5(2)11-7(4-6(3)12)8-9-10-11/h5H,4H2,1-3H3. The fourth-order valence-corrected chi connectivity index (χ4v) is 0.953. The summed E-state index contributed by atoms with van der Waals surface area (Å²) in [4.78, 5) is 10.8. The number of carbonyl (C=O) groups is 1. The van der Waals surface area contributed by atoms with E-state index >= 15 is 0 Å². The average Bonchev–Trinajstić information content (AvgIpc) is 2.33. The van der Waals surface area contributed by atoms with Crippen LogP contribution in [0.1, 0.15) is 32.6 Å². The van der Waals surface area contributed by atoms with Crippen LogP contribution in [0.4, 0.5) is 0 Å². The summed E-state index contributed by atoms with van der Waals surface area (Å²) in [7, 11) is 0. The third-order valence-electron chi connectivity index (χ3n) is 1.46. The highest BCUT2D eigenvalue weighted by molar-refractivity contribution is 5.77. The van der Waals surface area contributed by atoms with Gasteiger partial charge in [-0.1, -0.05) is 0 Å². The van der Waals surface area contributed by atoms with Crippen molar-refractivity contribution in [3.63, 3.8) is 0 Å². The zero-order valence-corrected chi connectivity index (χ0v) is 7.48. The first-order valence-corrected chi connectivity index (χ1v) is 3.87. The van der Waals surface area contributed by atoms with Crippen LogP contribution in [0.2, 0.25) is 0 Å². The van der Waals surface area contributed by atoms with E-state index in [0.29, 0.717) is 12.2 Å². The van der Waals surface area contributed by atoms with Crippen LogP contribution < -0.4 is 0 Å². The first-order chi connectivity index (χ1) is 5.61. The van der Waals surface area contributed by atoms with E-state index in [9.17, 15) is 4.79 Å². The largest absolute Gasteiger partial charge is 0.300 e. The lowest BCUT2D eigenvalue weighted by atomic mass is 10.3. The SMILES string of the molecule is CC(=O)Cc1nnnn1C(C)C. The third kappa shape index (κ3) is 1.87. The molecule has 0 aliphatic heterocycles. The van der Waals surface area contributed by atoms with Crippen LogP contribution in [-0.4, -0.2) is 26.0 Å². The Morgan fingerprint density at radius 2 is 2.25 bits per heavy atom. The quantitative estimate of drug-likeness (QED) is 0.654. The van der Waals surface area contributed by atoms with Gasteiger partial charge in [-0.25, -0.2) is 4.68 Å². The molecule has 0 aliphatic carbocycles. The molecule has 0 unspecified atom stereocenters. The molecule has 1 aromatic heterocycles. The fraction of sp³-hybridized carbons (Fsp3) is 0.714. The maximum Gasteiger partial charge on any atom is 0.158 e. The molecule has 0 spiro atoms. The Morgan fingerprint density at radius 3 is 2.75 bits per heavy atom. The number of Topliss-reactive ketones (excluding diaryl/α,β-unsaturated/α-hetero) is 1. The first-order valence-electron chi connectivity index (χ1n) is 3.87. The highest BCUT2D eigenvalue weighted by Crippen LogP contribution is 2.04. The van der Waals surface area contributed by atoms with Crippen molar-refractivity contribution in [2.45, 2.75) is 33.2 Å². The first kappa shape index (κ1) is 8.83. The molecule has 5 nitrogen and oxygen atoms in total. The van der Waals surface area contributed by atoms with Crippen LogP contribution in [0.5, 0.6) is 0 Å². The summed E-state index contributed by atoms with van der Waals surface area (Å²) >= 11 is 0. The lowest BCUT2D eigenvalue weighted by molar-refractivity contribution is -0.116. The summed E-state index contributed by atoms with van der Waals surface area (Å²) in [6, 6.07) is 0.203. The molecule has 0 fully saturated rings. The van der Waals surface area contributed by atoms with Crippen LogP contribution >= 0.6 is 0 Å². The van der Waals surface area contributed by atoms with Crippen molar-refractivity contribution in [1.29, 1.82) is 0 Å². The number of carbonyl (C=O) groups excluding carboxylic acids is 1. The van der Waals surface area contributed by atoms with Gasteiger partial charge in [0, 0.05) is 0 Å². The lowest BCUT2D eigenvalue weighted by Gasteiger charge is -2.05. The van der Waals surface area contributed by atoms with Crippen molar-refractivity contribution in [3.05, 3.63) is 5.82 Å². The summed E-state index contributed by atoms with van der Waals surface area (Å²) in [6.45, 7) is 5.47. The molecule has 0 N–H and O–H groups in total. The summed E-state index contributed by atoms with van der Waals surface area (Å²) in [5.74, 6) is 0.712. The lowest BCUT2D eigenvalue weighted by Crippen LogP contribution is -2.11. The molecule has 1 rings (SSSR count). The minimum atomic E-state index is 0.0756. The van der Waals surface area contributed by atoms with Crippen LogP contribution in [-0.2, 0) is 11.2 Å². The molecule has 12 heavy (non-hydrogen) atoms. The monoisotopic (exact) mass is 168 g/mol. The van der Waals surface area contributed by atoms with Gasteiger partial charge in [0.15, 0.2) is 5.82 Å². The van der Waals surface area contributed by atoms with Crippen LogP contribution in [0, 0.1) is 0 Å². The molecule has 0 radical (unpaired) electrons. The van der Waals surface area contributed by atoms with Gasteiger partial charge in [0.2, 0.25) is 0 Å². The molecular formula is C7H12N4O. The molecule has 0 saturated carbocycles. The summed E-state index contributed by atoms with van der Waals surface area (Å²) in [6.07, 6.45) is 0.311. The van der Waals surface area contributed by atoms with E-state index < -0.39 is 0 Å². The Kier molecular flexibility index (Phi) is 2.52. The molecule has 1 heterocycles. The fourth-order valence-electron chi connectivity index (χ4n) is 0.953. The van der Waals surface area contributed by atoms with E-state index in [1.807, 2.05) is 13.8 Å². The van der Waals surface area contributed by atoms with Gasteiger partial charge < -0.3 is 0 Å². The number of hydrogen-bond acceptors (Lipinski definition) is 4. The minimum absolute atomic E-state index is 0.0756. The molecule has 0 saturated heterocycles. The van der Waals surface area contributed by atoms with Crippen LogP contribution in [0.25, 0.3) is 0 Å². The van der Waals surface area contributed by atoms with Crippen molar-refractivity contribution in [3.8, 4) is 0 Å². The Balaban J connectivity index is 2.84. The van der Waals surface area contributed by atoms with Gasteiger partial charge >= 0.3 is 0 Å². The molecule has 0 bridgehead atoms. The Bertz CT molecular complexity index is 279. The second-order valence-corrected chi connectivity index (χ2v) is 3.01. The molecule has 0 atom stereocenters. The molecule has 66 valence electrons. The van der Waals surface area contributed by atoms with E-state index in [2.05, 4.69) is 15.5 Å². The normalized spacial score (nSPS) is 10.7. The number of rotatable bonds is 3. The summed E-state index contributed by atoms with van der Waals surface area (Å²) in [5.41, 5.74) is 0. The maximum atomic E-state index is 10.8. The van der Waals surface area contributed by atoms with Crippen molar-refractivity contribution in [2.24, 2.45) is 0 Å². The molecule has 1 aromatic rings. The predicted molar refractivity (Wildman–Crippen MR) is 42.6 cm³/mol. The van der Waals surface area contributed by atoms with Gasteiger partial charge in [-0.2, -0.15) is 0 Å². The second-order valence-electron chi connectivity index (χ2n) is 3.01. The Hall–Kier alpha value is -1.26. The van der Waals surface area contributed by atoms with Crippen molar-refractivity contribution >= 4 is 5.78 Å². The predicted octanol–water partition coefficient (Wildman–Crippen LogP) is 0.385. The second kappa shape index (κ2) is 3.42. The topological polar surface area (TPSA) is 60.7 Å². The zero-order chi connectivity index (χ0) is 9.14. The van der Waals surface area contributed by atoms with Crippen molar-refractivity contribution in [2.75, 3.05) is 0 Å². The Labute approximate surface area is 70.8 Å². The summed E-state index contributed by atoms with van der Waals surface area (Å²) in [5, 5.41) is 11.0. The smallest absolute Gasteiger partial charge is 0.158 e. The molecule has 0 aliphatic rings. The van der Waals surface area contributed by atoms with Gasteiger partial charge in [-0.3, -0.25) is 4.79 Å². The molecule has 5 heteroatoms. The maximum absolute atomic E-state index is 10.8. The van der Waals surface area contributed by atoms with Gasteiger partial charge in [-0.15, -0.1) is 5.10 Å². The van der Waals surface area contributed by atoms with Gasteiger partial charge in [0.05, 0.1) is 12.5 Å². The van der Waals surface area contributed by atoms with Crippen LogP contribution in [0.3, 0.4) is 0 Å². The van der Waals surface area contributed by atoms with Crippen molar-refractivity contribution < 1.29 is 4.79 Å². The highest BCUT2D eigenvalue weighted by Gasteiger charge is 2.10. The number of ketones is 1. The minimum Gasteiger partial charge on any atom is -0.300 e.